The van der Waals surface area contributed by atoms with Gasteiger partial charge in [-0.1, -0.05) is 19.1 Å². The molecule has 0 amide bonds. The molecule has 1 atom stereocenters. The highest BCUT2D eigenvalue weighted by atomic mass is 32.1. The molecule has 7 nitrogen and oxygen atoms in total. The van der Waals surface area contributed by atoms with Gasteiger partial charge in [-0.05, 0) is 31.5 Å². The molecule has 1 N–H and O–H groups in total. The summed E-state index contributed by atoms with van der Waals surface area (Å²) in [7, 11) is 0. The van der Waals surface area contributed by atoms with Gasteiger partial charge in [0, 0.05) is 30.4 Å². The van der Waals surface area contributed by atoms with Crippen LogP contribution in [-0.2, 0) is 11.3 Å². The van der Waals surface area contributed by atoms with Crippen LogP contribution in [0.15, 0.2) is 24.3 Å². The Bertz CT molecular complexity index is 1310. The van der Waals surface area contributed by atoms with E-state index in [4.69, 9.17) is 14.7 Å². The molecule has 4 aromatic rings. The molecular formula is C24H28F2N6OS. The van der Waals surface area contributed by atoms with Gasteiger partial charge in [-0.15, -0.1) is 11.3 Å². The number of aryl methyl sites for hydroxylation is 2. The molecule has 1 aromatic carbocycles. The normalized spacial score (nSPS) is 16.1. The Morgan fingerprint density at radius 1 is 1.12 bits per heavy atom. The summed E-state index contributed by atoms with van der Waals surface area (Å²) in [5.74, 6) is 1.61. The highest BCUT2D eigenvalue weighted by Gasteiger charge is 2.23. The largest absolute Gasteiger partial charge is 0.379 e. The second kappa shape index (κ2) is 9.52. The van der Waals surface area contributed by atoms with Crippen molar-refractivity contribution in [3.05, 3.63) is 46.4 Å². The molecule has 0 spiro atoms. The third-order valence-electron chi connectivity index (χ3n) is 6.38. The quantitative estimate of drug-likeness (QED) is 0.392. The fourth-order valence-electron chi connectivity index (χ4n) is 4.41. The second-order valence-corrected chi connectivity index (χ2v) is 9.93. The van der Waals surface area contributed by atoms with E-state index in [-0.39, 0.29) is 5.92 Å². The highest BCUT2D eigenvalue weighted by molar-refractivity contribution is 7.18. The summed E-state index contributed by atoms with van der Waals surface area (Å²) < 4.78 is 34.3. The van der Waals surface area contributed by atoms with Crippen LogP contribution in [0, 0.1) is 13.8 Å². The summed E-state index contributed by atoms with van der Waals surface area (Å²) in [5.41, 5.74) is 2.17. The second-order valence-electron chi connectivity index (χ2n) is 8.73. The maximum absolute atomic E-state index is 13.9. The Kier molecular flexibility index (Phi) is 6.46. The number of alkyl halides is 2. The van der Waals surface area contributed by atoms with Gasteiger partial charge in [-0.2, -0.15) is 8.78 Å². The van der Waals surface area contributed by atoms with Crippen molar-refractivity contribution in [1.82, 2.24) is 24.4 Å². The van der Waals surface area contributed by atoms with E-state index in [1.807, 2.05) is 13.0 Å². The molecule has 0 saturated carbocycles. The highest BCUT2D eigenvalue weighted by Crippen LogP contribution is 2.34. The van der Waals surface area contributed by atoms with Crippen molar-refractivity contribution in [1.29, 1.82) is 0 Å². The standard InChI is InChI=1S/C24H28F2N6OS/c1-14(22-28-17-6-4-5-7-18(17)32(22)24(25)26)12-27-21-20-15(2)16(3)34-23(20)30-19(29-21)13-31-8-10-33-11-9-31/h4-7,14,24H,8-13H2,1-3H3,(H,27,29,30)/t14-/m0/s1. The zero-order valence-corrected chi connectivity index (χ0v) is 20.3. The minimum atomic E-state index is -2.66. The molecule has 0 radical (unpaired) electrons. The smallest absolute Gasteiger partial charge is 0.320 e. The van der Waals surface area contributed by atoms with Crippen molar-refractivity contribution < 1.29 is 13.5 Å². The van der Waals surface area contributed by atoms with Crippen LogP contribution in [0.3, 0.4) is 0 Å². The number of fused-ring (bicyclic) bond motifs is 2. The Morgan fingerprint density at radius 2 is 1.88 bits per heavy atom. The van der Waals surface area contributed by atoms with E-state index < -0.39 is 6.55 Å². The molecule has 1 aliphatic heterocycles. The minimum Gasteiger partial charge on any atom is -0.379 e. The molecular weight excluding hydrogens is 458 g/mol. The third kappa shape index (κ3) is 4.37. The first kappa shape index (κ1) is 23.1. The van der Waals surface area contributed by atoms with Crippen LogP contribution in [0.4, 0.5) is 14.6 Å². The van der Waals surface area contributed by atoms with Crippen LogP contribution in [0.1, 0.15) is 41.5 Å². The molecule has 34 heavy (non-hydrogen) atoms. The summed E-state index contributed by atoms with van der Waals surface area (Å²) >= 11 is 1.66. The number of nitrogens with zero attached hydrogens (tertiary/aromatic N) is 5. The van der Waals surface area contributed by atoms with E-state index in [9.17, 15) is 8.78 Å². The van der Waals surface area contributed by atoms with Gasteiger partial charge in [-0.3, -0.25) is 9.47 Å². The Hall–Kier alpha value is -2.69. The lowest BCUT2D eigenvalue weighted by atomic mass is 10.1. The first-order chi connectivity index (χ1) is 16.4. The van der Waals surface area contributed by atoms with E-state index in [0.717, 1.165) is 45.1 Å². The minimum absolute atomic E-state index is 0.255. The van der Waals surface area contributed by atoms with Crippen molar-refractivity contribution in [2.45, 2.75) is 39.8 Å². The number of ether oxygens (including phenoxy) is 1. The van der Waals surface area contributed by atoms with Crippen molar-refractivity contribution in [3.63, 3.8) is 0 Å². The van der Waals surface area contributed by atoms with Crippen molar-refractivity contribution in [3.8, 4) is 0 Å². The van der Waals surface area contributed by atoms with Gasteiger partial charge < -0.3 is 10.1 Å². The number of benzene rings is 1. The first-order valence-electron chi connectivity index (χ1n) is 11.5. The van der Waals surface area contributed by atoms with Gasteiger partial charge in [0.1, 0.15) is 22.3 Å². The van der Waals surface area contributed by atoms with Gasteiger partial charge in [0.05, 0.1) is 36.2 Å². The van der Waals surface area contributed by atoms with Crippen LogP contribution < -0.4 is 5.32 Å². The molecule has 0 aliphatic carbocycles. The summed E-state index contributed by atoms with van der Waals surface area (Å²) in [5, 5.41) is 4.44. The van der Waals surface area contributed by atoms with E-state index in [0.29, 0.717) is 43.2 Å². The number of imidazole rings is 1. The molecule has 4 heterocycles. The Balaban J connectivity index is 1.44. The lowest BCUT2D eigenvalue weighted by Gasteiger charge is -2.26. The van der Waals surface area contributed by atoms with Gasteiger partial charge >= 0.3 is 6.55 Å². The molecule has 1 fully saturated rings. The van der Waals surface area contributed by atoms with Crippen molar-refractivity contribution >= 4 is 38.4 Å². The molecule has 0 unspecified atom stereocenters. The number of hydrogen-bond donors (Lipinski definition) is 1. The average Bonchev–Trinajstić information content (AvgIpc) is 3.35. The molecule has 3 aromatic heterocycles. The van der Waals surface area contributed by atoms with E-state index in [1.54, 1.807) is 29.5 Å². The Morgan fingerprint density at radius 3 is 2.65 bits per heavy atom. The third-order valence-corrected chi connectivity index (χ3v) is 7.48. The number of thiophene rings is 1. The number of rotatable bonds is 7. The van der Waals surface area contributed by atoms with Gasteiger partial charge in [-0.25, -0.2) is 15.0 Å². The first-order valence-corrected chi connectivity index (χ1v) is 12.3. The summed E-state index contributed by atoms with van der Waals surface area (Å²) in [6, 6.07) is 7.01. The van der Waals surface area contributed by atoms with E-state index in [2.05, 4.69) is 29.0 Å². The lowest BCUT2D eigenvalue weighted by Crippen LogP contribution is -2.36. The fourth-order valence-corrected chi connectivity index (χ4v) is 5.46. The predicted octanol–water partition coefficient (Wildman–Crippen LogP) is 5.10. The van der Waals surface area contributed by atoms with Crippen LogP contribution in [-0.4, -0.2) is 57.3 Å². The van der Waals surface area contributed by atoms with Gasteiger partial charge in [0.15, 0.2) is 0 Å². The van der Waals surface area contributed by atoms with Crippen molar-refractivity contribution in [2.24, 2.45) is 0 Å². The van der Waals surface area contributed by atoms with Crippen LogP contribution in [0.5, 0.6) is 0 Å². The van der Waals surface area contributed by atoms with Crippen molar-refractivity contribution in [2.75, 3.05) is 38.2 Å². The summed E-state index contributed by atoms with van der Waals surface area (Å²) in [6.45, 7) is 7.63. The molecule has 10 heteroatoms. The maximum atomic E-state index is 13.9. The van der Waals surface area contributed by atoms with Gasteiger partial charge in [0.25, 0.3) is 0 Å². The molecule has 1 saturated heterocycles. The summed E-state index contributed by atoms with van der Waals surface area (Å²) in [6.07, 6.45) is 0. The summed E-state index contributed by atoms with van der Waals surface area (Å²) in [4.78, 5) is 18.6. The number of para-hydroxylation sites is 2. The fraction of sp³-hybridized carbons (Fsp3) is 0.458. The van der Waals surface area contributed by atoms with E-state index in [1.165, 1.54) is 4.88 Å². The maximum Gasteiger partial charge on any atom is 0.320 e. The molecule has 1 aliphatic rings. The van der Waals surface area contributed by atoms with Gasteiger partial charge in [0.2, 0.25) is 0 Å². The SMILES string of the molecule is Cc1sc2nc(CN3CCOCC3)nc(NC[C@H](C)c3nc4ccccc4n3C(F)F)c2c1C. The number of aromatic nitrogens is 4. The van der Waals surface area contributed by atoms with Crippen LogP contribution >= 0.6 is 11.3 Å². The molecule has 0 bridgehead atoms. The number of hydrogen-bond acceptors (Lipinski definition) is 7. The van der Waals surface area contributed by atoms with Crippen LogP contribution in [0.2, 0.25) is 0 Å². The molecule has 5 rings (SSSR count). The monoisotopic (exact) mass is 486 g/mol. The average molecular weight is 487 g/mol. The lowest BCUT2D eigenvalue weighted by molar-refractivity contribution is 0.0331. The number of nitrogens with one attached hydrogen (secondary N) is 1. The Labute approximate surface area is 200 Å². The molecule has 180 valence electrons. The number of anilines is 1. The predicted molar refractivity (Wildman–Crippen MR) is 131 cm³/mol. The zero-order valence-electron chi connectivity index (χ0n) is 19.5. The van der Waals surface area contributed by atoms with E-state index >= 15 is 0 Å². The zero-order chi connectivity index (χ0) is 23.8. The number of morpholine rings is 1. The topological polar surface area (TPSA) is 68.1 Å². The van der Waals surface area contributed by atoms with Crippen LogP contribution in [0.25, 0.3) is 21.3 Å². The number of halogens is 2.